The Morgan fingerprint density at radius 1 is 0.481 bits per heavy atom. The van der Waals surface area contributed by atoms with Gasteiger partial charge in [0.1, 0.15) is 0 Å². The van der Waals surface area contributed by atoms with Gasteiger partial charge in [-0.05, 0) is 24.0 Å². The average molecular weight is 724 g/mol. The molecule has 0 radical (unpaired) electrons. The van der Waals surface area contributed by atoms with Crippen molar-refractivity contribution in [2.24, 2.45) is 11.8 Å². The Labute approximate surface area is 300 Å². The lowest BCUT2D eigenvalue weighted by molar-refractivity contribution is -0.145. The van der Waals surface area contributed by atoms with Crippen molar-refractivity contribution < 1.29 is 58.5 Å². The van der Waals surface area contributed by atoms with Crippen molar-refractivity contribution in [3.63, 3.8) is 0 Å². The van der Waals surface area contributed by atoms with Gasteiger partial charge in [-0.15, -0.1) is 0 Å². The minimum atomic E-state index is -1.76. The molecular formula is C37H45N3O12. The molecule has 0 saturated heterocycles. The minimum Gasteiger partial charge on any atom is -0.481 e. The Bertz CT molecular complexity index is 1600. The number of Topliss-reactive ketones (excluding diaryl/α,β-unsaturated/α-hetero) is 3. The van der Waals surface area contributed by atoms with Gasteiger partial charge < -0.3 is 31.3 Å². The third kappa shape index (κ3) is 15.0. The van der Waals surface area contributed by atoms with E-state index >= 15 is 0 Å². The van der Waals surface area contributed by atoms with Gasteiger partial charge in [0.25, 0.3) is 0 Å². The maximum atomic E-state index is 13.8. The molecule has 0 aliphatic heterocycles. The fourth-order valence-corrected chi connectivity index (χ4v) is 5.45. The number of amides is 3. The van der Waals surface area contributed by atoms with Gasteiger partial charge in [-0.25, -0.2) is 0 Å². The number of rotatable bonds is 24. The normalized spacial score (nSPS) is 13.7. The first-order valence-electron chi connectivity index (χ1n) is 16.8. The van der Waals surface area contributed by atoms with Crippen LogP contribution < -0.4 is 16.0 Å². The number of ketones is 3. The molecule has 6 N–H and O–H groups in total. The van der Waals surface area contributed by atoms with Crippen LogP contribution in [0, 0.1) is 11.8 Å². The summed E-state index contributed by atoms with van der Waals surface area (Å²) in [4.78, 5) is 113. The number of hydrogen-bond acceptors (Lipinski definition) is 9. The van der Waals surface area contributed by atoms with Crippen LogP contribution >= 0.6 is 0 Å². The van der Waals surface area contributed by atoms with Crippen LogP contribution in [0.5, 0.6) is 0 Å². The summed E-state index contributed by atoms with van der Waals surface area (Å²) in [7, 11) is 0. The first-order chi connectivity index (χ1) is 24.6. The van der Waals surface area contributed by atoms with Gasteiger partial charge >= 0.3 is 17.9 Å². The highest BCUT2D eigenvalue weighted by molar-refractivity contribution is 5.98. The summed E-state index contributed by atoms with van der Waals surface area (Å²) in [5.74, 6) is -11.8. The number of hydrogen-bond donors (Lipinski definition) is 6. The maximum Gasteiger partial charge on any atom is 0.305 e. The van der Waals surface area contributed by atoms with E-state index in [9.17, 15) is 53.4 Å². The predicted octanol–water partition coefficient (Wildman–Crippen LogP) is 1.89. The van der Waals surface area contributed by atoms with Crippen molar-refractivity contribution >= 4 is 53.0 Å². The molecule has 0 fully saturated rings. The third-order valence-electron chi connectivity index (χ3n) is 8.23. The quantitative estimate of drug-likeness (QED) is 0.0909. The maximum absolute atomic E-state index is 13.8. The van der Waals surface area contributed by atoms with Crippen molar-refractivity contribution in [1.29, 1.82) is 0 Å². The standard InChI is InChI=1S/C37H45N3O12/c1-3-29(41)27(20-34(47)48)39-37(52)25(19-33(45)46)18-31(43)28(21-35(49)50)40-36(51)24(15-22-11-7-5-8-12-22)17-30(42)26(38-32(44)4-2)16-23-13-9-6-10-14-23/h5-14,24-28H,3-4,15-21H2,1-2H3,(H,38,44)(H,39,52)(H,40,51)(H,45,46)(H,47,48)(H,49,50)/t24-,25+,26+,27+,28+/m1/s1. The molecule has 2 rings (SSSR count). The summed E-state index contributed by atoms with van der Waals surface area (Å²) in [6, 6.07) is 13.2. The molecule has 15 heteroatoms. The Kier molecular flexibility index (Phi) is 17.5. The summed E-state index contributed by atoms with van der Waals surface area (Å²) in [5.41, 5.74) is 1.39. The highest BCUT2D eigenvalue weighted by Gasteiger charge is 2.35. The Morgan fingerprint density at radius 2 is 0.904 bits per heavy atom. The van der Waals surface area contributed by atoms with E-state index < -0.39 is 115 Å². The molecule has 280 valence electrons. The lowest BCUT2D eigenvalue weighted by Gasteiger charge is -2.25. The Hall–Kier alpha value is -5.73. The van der Waals surface area contributed by atoms with E-state index in [-0.39, 0.29) is 25.7 Å². The minimum absolute atomic E-state index is 0.00730. The van der Waals surface area contributed by atoms with Gasteiger partial charge in [0.2, 0.25) is 17.7 Å². The van der Waals surface area contributed by atoms with Crippen LogP contribution in [0.25, 0.3) is 0 Å². The molecule has 0 aromatic heterocycles. The number of carboxylic acids is 3. The van der Waals surface area contributed by atoms with E-state index in [1.165, 1.54) is 6.92 Å². The van der Waals surface area contributed by atoms with Crippen LogP contribution in [-0.4, -0.2) is 86.4 Å². The van der Waals surface area contributed by atoms with E-state index in [1.54, 1.807) is 67.6 Å². The van der Waals surface area contributed by atoms with Gasteiger partial charge in [-0.2, -0.15) is 0 Å². The highest BCUT2D eigenvalue weighted by Crippen LogP contribution is 2.19. The highest BCUT2D eigenvalue weighted by atomic mass is 16.4. The van der Waals surface area contributed by atoms with Gasteiger partial charge in [-0.1, -0.05) is 74.5 Å². The number of carboxylic acid groups (broad SMARTS) is 3. The van der Waals surface area contributed by atoms with Crippen molar-refractivity contribution in [1.82, 2.24) is 16.0 Å². The summed E-state index contributed by atoms with van der Waals surface area (Å²) >= 11 is 0. The van der Waals surface area contributed by atoms with Gasteiger partial charge in [0, 0.05) is 31.6 Å². The van der Waals surface area contributed by atoms with Gasteiger partial charge in [-0.3, -0.25) is 43.2 Å². The second-order valence-electron chi connectivity index (χ2n) is 12.3. The van der Waals surface area contributed by atoms with Crippen molar-refractivity contribution in [2.45, 2.75) is 89.8 Å². The summed E-state index contributed by atoms with van der Waals surface area (Å²) in [5, 5.41) is 35.5. The Balaban J connectivity index is 2.38. The van der Waals surface area contributed by atoms with Gasteiger partial charge in [0.15, 0.2) is 17.3 Å². The van der Waals surface area contributed by atoms with E-state index in [1.807, 2.05) is 0 Å². The third-order valence-corrected chi connectivity index (χ3v) is 8.23. The smallest absolute Gasteiger partial charge is 0.305 e. The number of nitrogens with one attached hydrogen (secondary N) is 3. The molecule has 3 amide bonds. The molecule has 0 aliphatic rings. The molecular weight excluding hydrogens is 678 g/mol. The van der Waals surface area contributed by atoms with Gasteiger partial charge in [0.05, 0.1) is 43.3 Å². The monoisotopic (exact) mass is 723 g/mol. The molecule has 2 aromatic carbocycles. The van der Waals surface area contributed by atoms with Crippen LogP contribution in [0.3, 0.4) is 0 Å². The molecule has 52 heavy (non-hydrogen) atoms. The first-order valence-corrected chi connectivity index (χ1v) is 16.8. The molecule has 5 atom stereocenters. The number of carbonyl (C=O) groups is 9. The molecule has 0 heterocycles. The molecule has 0 aliphatic carbocycles. The molecule has 15 nitrogen and oxygen atoms in total. The number of carbonyl (C=O) groups excluding carboxylic acids is 6. The van der Waals surface area contributed by atoms with Crippen molar-refractivity contribution in [3.05, 3.63) is 71.8 Å². The van der Waals surface area contributed by atoms with E-state index in [2.05, 4.69) is 16.0 Å². The lowest BCUT2D eigenvalue weighted by atomic mass is 9.88. The molecule has 0 unspecified atom stereocenters. The summed E-state index contributed by atoms with van der Waals surface area (Å²) in [6.45, 7) is 3.05. The molecule has 0 bridgehead atoms. The topological polar surface area (TPSA) is 250 Å². The average Bonchev–Trinajstić information content (AvgIpc) is 3.09. The zero-order chi connectivity index (χ0) is 38.8. The zero-order valence-corrected chi connectivity index (χ0v) is 29.0. The Morgan fingerprint density at radius 3 is 1.37 bits per heavy atom. The number of aliphatic carboxylic acids is 3. The fourth-order valence-electron chi connectivity index (χ4n) is 5.45. The number of benzene rings is 2. The lowest BCUT2D eigenvalue weighted by Crippen LogP contribution is -2.49. The van der Waals surface area contributed by atoms with Crippen LogP contribution in [-0.2, 0) is 56.0 Å². The molecule has 0 saturated carbocycles. The summed E-state index contributed by atoms with van der Waals surface area (Å²) < 4.78 is 0. The zero-order valence-electron chi connectivity index (χ0n) is 29.0. The van der Waals surface area contributed by atoms with E-state index in [0.717, 1.165) is 5.56 Å². The fraction of sp³-hybridized carbons (Fsp3) is 0.432. The van der Waals surface area contributed by atoms with Crippen LogP contribution in [0.1, 0.15) is 69.9 Å². The summed E-state index contributed by atoms with van der Waals surface area (Å²) in [6.07, 6.45) is -3.86. The molecule has 2 aromatic rings. The second-order valence-corrected chi connectivity index (χ2v) is 12.3. The van der Waals surface area contributed by atoms with Crippen LogP contribution in [0.4, 0.5) is 0 Å². The van der Waals surface area contributed by atoms with Crippen molar-refractivity contribution in [2.75, 3.05) is 0 Å². The van der Waals surface area contributed by atoms with E-state index in [4.69, 9.17) is 5.11 Å². The first kappa shape index (κ1) is 42.4. The predicted molar refractivity (Wildman–Crippen MR) is 185 cm³/mol. The second kappa shape index (κ2) is 21.5. The largest absolute Gasteiger partial charge is 0.481 e. The molecule has 0 spiro atoms. The van der Waals surface area contributed by atoms with Crippen LogP contribution in [0.15, 0.2) is 60.7 Å². The van der Waals surface area contributed by atoms with Crippen molar-refractivity contribution in [3.8, 4) is 0 Å². The SMILES string of the molecule is CCC(=O)N[C@@H](Cc1ccccc1)C(=O)C[C@@H](Cc1ccccc1)C(=O)N[C@@H](CC(=O)O)C(=O)C[C@@H](CC(=O)O)C(=O)N[C@@H](CC(=O)O)C(=O)CC. The van der Waals surface area contributed by atoms with Crippen LogP contribution in [0.2, 0.25) is 0 Å². The van der Waals surface area contributed by atoms with E-state index in [0.29, 0.717) is 5.56 Å².